The third-order valence-electron chi connectivity index (χ3n) is 4.74. The number of aryl methyl sites for hydroxylation is 1. The van der Waals surface area contributed by atoms with E-state index in [9.17, 15) is 4.79 Å². The van der Waals surface area contributed by atoms with E-state index < -0.39 is 0 Å². The average molecular weight is 397 g/mol. The number of likely N-dealkylation sites (N-methyl/N-ethyl adjacent to an activating group) is 1. The zero-order chi connectivity index (χ0) is 21.2. The van der Waals surface area contributed by atoms with E-state index in [1.807, 2.05) is 24.3 Å². The molecule has 1 unspecified atom stereocenters. The molecule has 0 aromatic heterocycles. The Morgan fingerprint density at radius 2 is 1.83 bits per heavy atom. The largest absolute Gasteiger partial charge is 0.497 e. The van der Waals surface area contributed by atoms with Crippen LogP contribution in [-0.2, 0) is 11.2 Å². The van der Waals surface area contributed by atoms with Crippen molar-refractivity contribution in [3.8, 4) is 5.75 Å². The minimum absolute atomic E-state index is 0.0372. The number of rotatable bonds is 8. The van der Waals surface area contributed by atoms with Crippen molar-refractivity contribution in [1.29, 1.82) is 0 Å². The Kier molecular flexibility index (Phi) is 8.52. The first-order chi connectivity index (χ1) is 13.9. The molecular weight excluding hydrogens is 364 g/mol. The molecule has 2 aromatic rings. The molecule has 2 N–H and O–H groups in total. The van der Waals surface area contributed by atoms with Gasteiger partial charge < -0.3 is 20.3 Å². The number of nitrogens with zero attached hydrogens (tertiary/aromatic N) is 2. The standard InChI is InChI=1S/C23H32N4O2/c1-17-8-6-7-9-21(17)18(2)26-23(25-16-22(28)27(3)4)24-15-14-19-10-12-20(29-5)13-11-19/h6-13,18H,14-16H2,1-5H3,(H2,24,25,26). The van der Waals surface area contributed by atoms with Crippen molar-refractivity contribution in [1.82, 2.24) is 15.5 Å². The smallest absolute Gasteiger partial charge is 0.243 e. The number of amides is 1. The van der Waals surface area contributed by atoms with Gasteiger partial charge >= 0.3 is 0 Å². The number of guanidine groups is 1. The van der Waals surface area contributed by atoms with Crippen LogP contribution in [0.4, 0.5) is 0 Å². The first-order valence-corrected chi connectivity index (χ1v) is 9.84. The molecule has 0 saturated carbocycles. The number of hydrogen-bond acceptors (Lipinski definition) is 3. The number of hydrogen-bond donors (Lipinski definition) is 2. The molecule has 6 nitrogen and oxygen atoms in total. The summed E-state index contributed by atoms with van der Waals surface area (Å²) >= 11 is 0. The van der Waals surface area contributed by atoms with Gasteiger partial charge in [0.2, 0.25) is 5.91 Å². The fourth-order valence-electron chi connectivity index (χ4n) is 2.91. The SMILES string of the molecule is COc1ccc(CCNC(=NCC(=O)N(C)C)NC(C)c2ccccc2C)cc1. The van der Waals surface area contributed by atoms with Crippen LogP contribution in [0, 0.1) is 6.92 Å². The van der Waals surface area contributed by atoms with Crippen molar-refractivity contribution in [3.63, 3.8) is 0 Å². The van der Waals surface area contributed by atoms with Gasteiger partial charge in [0.15, 0.2) is 5.96 Å². The van der Waals surface area contributed by atoms with Crippen LogP contribution in [0.3, 0.4) is 0 Å². The normalized spacial score (nSPS) is 12.2. The second kappa shape index (κ2) is 11.1. The summed E-state index contributed by atoms with van der Waals surface area (Å²) < 4.78 is 5.20. The molecular formula is C23H32N4O2. The summed E-state index contributed by atoms with van der Waals surface area (Å²) in [6.07, 6.45) is 0.838. The second-order valence-electron chi connectivity index (χ2n) is 7.20. The Morgan fingerprint density at radius 3 is 2.45 bits per heavy atom. The van der Waals surface area contributed by atoms with Gasteiger partial charge in [-0.2, -0.15) is 0 Å². The monoisotopic (exact) mass is 396 g/mol. The maximum atomic E-state index is 12.0. The lowest BCUT2D eigenvalue weighted by molar-refractivity contribution is -0.127. The minimum atomic E-state index is -0.0372. The van der Waals surface area contributed by atoms with Gasteiger partial charge in [0.25, 0.3) is 0 Å². The fourth-order valence-corrected chi connectivity index (χ4v) is 2.91. The molecule has 0 heterocycles. The second-order valence-corrected chi connectivity index (χ2v) is 7.20. The zero-order valence-electron chi connectivity index (χ0n) is 18.0. The lowest BCUT2D eigenvalue weighted by atomic mass is 10.0. The Hall–Kier alpha value is -3.02. The zero-order valence-corrected chi connectivity index (χ0v) is 18.0. The Morgan fingerprint density at radius 1 is 1.14 bits per heavy atom. The third-order valence-corrected chi connectivity index (χ3v) is 4.74. The maximum absolute atomic E-state index is 12.0. The van der Waals surface area contributed by atoms with Crippen LogP contribution in [-0.4, -0.2) is 51.1 Å². The third kappa shape index (κ3) is 7.14. The van der Waals surface area contributed by atoms with E-state index in [4.69, 9.17) is 4.74 Å². The van der Waals surface area contributed by atoms with Gasteiger partial charge in [-0.15, -0.1) is 0 Å². The first kappa shape index (κ1) is 22.3. The van der Waals surface area contributed by atoms with Crippen LogP contribution in [0.2, 0.25) is 0 Å². The number of methoxy groups -OCH3 is 1. The van der Waals surface area contributed by atoms with Crippen molar-refractivity contribution in [2.24, 2.45) is 4.99 Å². The molecule has 0 fully saturated rings. The number of ether oxygens (including phenoxy) is 1. The summed E-state index contributed by atoms with van der Waals surface area (Å²) in [6.45, 7) is 4.99. The number of aliphatic imine (C=N–C) groups is 1. The molecule has 29 heavy (non-hydrogen) atoms. The molecule has 0 saturated heterocycles. The summed E-state index contributed by atoms with van der Waals surface area (Å²) in [7, 11) is 5.13. The van der Waals surface area contributed by atoms with E-state index in [0.29, 0.717) is 12.5 Å². The van der Waals surface area contributed by atoms with Gasteiger partial charge in [-0.1, -0.05) is 36.4 Å². The van der Waals surface area contributed by atoms with Crippen molar-refractivity contribution < 1.29 is 9.53 Å². The molecule has 2 rings (SSSR count). The molecule has 0 radical (unpaired) electrons. The molecule has 0 aliphatic rings. The highest BCUT2D eigenvalue weighted by molar-refractivity contribution is 5.85. The molecule has 156 valence electrons. The van der Waals surface area contributed by atoms with Crippen LogP contribution in [0.15, 0.2) is 53.5 Å². The first-order valence-electron chi connectivity index (χ1n) is 9.84. The highest BCUT2D eigenvalue weighted by Gasteiger charge is 2.11. The van der Waals surface area contributed by atoms with Crippen LogP contribution < -0.4 is 15.4 Å². The lowest BCUT2D eigenvalue weighted by Crippen LogP contribution is -2.40. The molecule has 2 aromatic carbocycles. The summed E-state index contributed by atoms with van der Waals surface area (Å²) in [6, 6.07) is 16.3. The van der Waals surface area contributed by atoms with Crippen LogP contribution in [0.1, 0.15) is 29.7 Å². The Bertz CT molecular complexity index is 816. The van der Waals surface area contributed by atoms with E-state index in [2.05, 4.69) is 53.7 Å². The minimum Gasteiger partial charge on any atom is -0.497 e. The number of carbonyl (C=O) groups is 1. The topological polar surface area (TPSA) is 66.0 Å². The van der Waals surface area contributed by atoms with Gasteiger partial charge in [0.1, 0.15) is 12.3 Å². The van der Waals surface area contributed by atoms with Crippen molar-refractivity contribution in [2.75, 3.05) is 34.3 Å². The molecule has 1 atom stereocenters. The van der Waals surface area contributed by atoms with Gasteiger partial charge in [-0.25, -0.2) is 4.99 Å². The molecule has 0 spiro atoms. The number of benzene rings is 2. The predicted molar refractivity (Wildman–Crippen MR) is 118 cm³/mol. The van der Waals surface area contributed by atoms with Crippen molar-refractivity contribution >= 4 is 11.9 Å². The Labute approximate surface area is 174 Å². The summed E-state index contributed by atoms with van der Waals surface area (Å²) in [4.78, 5) is 18.0. The Balaban J connectivity index is 2.02. The van der Waals surface area contributed by atoms with Crippen LogP contribution in [0.25, 0.3) is 0 Å². The number of nitrogens with one attached hydrogen (secondary N) is 2. The molecule has 6 heteroatoms. The van der Waals surface area contributed by atoms with Gasteiger partial charge in [-0.05, 0) is 49.1 Å². The molecule has 0 aliphatic carbocycles. The molecule has 1 amide bonds. The van der Waals surface area contributed by atoms with Gasteiger partial charge in [0, 0.05) is 20.6 Å². The van der Waals surface area contributed by atoms with Crippen LogP contribution in [0.5, 0.6) is 5.75 Å². The lowest BCUT2D eigenvalue weighted by Gasteiger charge is -2.20. The highest BCUT2D eigenvalue weighted by Crippen LogP contribution is 2.16. The highest BCUT2D eigenvalue weighted by atomic mass is 16.5. The van der Waals surface area contributed by atoms with Crippen LogP contribution >= 0.6 is 0 Å². The molecule has 0 bridgehead atoms. The van der Waals surface area contributed by atoms with E-state index >= 15 is 0 Å². The van der Waals surface area contributed by atoms with Gasteiger partial charge in [-0.3, -0.25) is 4.79 Å². The predicted octanol–water partition coefficient (Wildman–Crippen LogP) is 2.93. The summed E-state index contributed by atoms with van der Waals surface area (Å²) in [5, 5.41) is 6.77. The fraction of sp³-hybridized carbons (Fsp3) is 0.391. The number of carbonyl (C=O) groups excluding carboxylic acids is 1. The average Bonchev–Trinajstić information content (AvgIpc) is 2.72. The maximum Gasteiger partial charge on any atom is 0.243 e. The van der Waals surface area contributed by atoms with Crippen molar-refractivity contribution in [2.45, 2.75) is 26.3 Å². The summed E-state index contributed by atoms with van der Waals surface area (Å²) in [5.41, 5.74) is 3.62. The quantitative estimate of drug-likeness (QED) is 0.532. The van der Waals surface area contributed by atoms with E-state index in [1.54, 1.807) is 26.1 Å². The molecule has 0 aliphatic heterocycles. The van der Waals surface area contributed by atoms with Crippen molar-refractivity contribution in [3.05, 3.63) is 65.2 Å². The van der Waals surface area contributed by atoms with E-state index in [-0.39, 0.29) is 18.5 Å². The van der Waals surface area contributed by atoms with E-state index in [0.717, 1.165) is 12.2 Å². The van der Waals surface area contributed by atoms with E-state index in [1.165, 1.54) is 16.7 Å². The summed E-state index contributed by atoms with van der Waals surface area (Å²) in [5.74, 6) is 1.44. The van der Waals surface area contributed by atoms with Gasteiger partial charge in [0.05, 0.1) is 13.2 Å².